The fraction of sp³-hybridized carbons (Fsp3) is 0. The standard InChI is InChI=1S/C56H38N2/c1-3-12-39(13-4-1)40-22-32-49(33-23-40)58-55-38-45(29-36-53(55)54-37-28-43-15-8-10-20-52(43)56(54)58)41-24-30-47(31-25-41)57(46-17-5-2-6-18-46)48-34-26-44(27-35-48)51-21-11-16-42-14-7-9-19-50(42)51/h1-38H. The SMILES string of the molecule is c1ccc(-c2ccc(-n3c4cc(-c5ccc(N(c6ccccc6)c6ccc(-c7cccc8ccccc78)cc6)cc5)ccc4c4ccc5ccccc5c43)cc2)cc1. The fourth-order valence-corrected chi connectivity index (χ4v) is 8.75. The molecule has 0 spiro atoms. The molecule has 0 atom stereocenters. The number of hydrogen-bond acceptors (Lipinski definition) is 1. The summed E-state index contributed by atoms with van der Waals surface area (Å²) in [7, 11) is 0. The average molecular weight is 739 g/mol. The zero-order chi connectivity index (χ0) is 38.4. The van der Waals surface area contributed by atoms with E-state index in [1.165, 1.54) is 76.7 Å². The number of rotatable bonds is 7. The number of hydrogen-bond donors (Lipinski definition) is 0. The molecule has 0 aliphatic heterocycles. The number of benzene rings is 10. The van der Waals surface area contributed by atoms with E-state index in [9.17, 15) is 0 Å². The van der Waals surface area contributed by atoms with Crippen LogP contribution in [0.15, 0.2) is 231 Å². The topological polar surface area (TPSA) is 8.17 Å². The van der Waals surface area contributed by atoms with Gasteiger partial charge in [-0.3, -0.25) is 0 Å². The van der Waals surface area contributed by atoms with Gasteiger partial charge in [0.2, 0.25) is 0 Å². The molecular weight excluding hydrogens is 701 g/mol. The van der Waals surface area contributed by atoms with Crippen molar-refractivity contribution >= 4 is 60.4 Å². The fourth-order valence-electron chi connectivity index (χ4n) is 8.75. The molecular formula is C56H38N2. The van der Waals surface area contributed by atoms with Crippen LogP contribution < -0.4 is 4.90 Å². The second-order valence-electron chi connectivity index (χ2n) is 15.0. The third kappa shape index (κ3) is 5.82. The summed E-state index contributed by atoms with van der Waals surface area (Å²) >= 11 is 0. The third-order valence-electron chi connectivity index (χ3n) is 11.6. The predicted molar refractivity (Wildman–Crippen MR) is 247 cm³/mol. The van der Waals surface area contributed by atoms with Crippen molar-refractivity contribution in [2.75, 3.05) is 4.90 Å². The van der Waals surface area contributed by atoms with Gasteiger partial charge in [-0.25, -0.2) is 0 Å². The maximum atomic E-state index is 2.46. The second kappa shape index (κ2) is 14.1. The highest BCUT2D eigenvalue weighted by atomic mass is 15.1. The molecule has 2 nitrogen and oxygen atoms in total. The molecule has 0 amide bonds. The molecule has 11 rings (SSSR count). The maximum Gasteiger partial charge on any atom is 0.0619 e. The summed E-state index contributed by atoms with van der Waals surface area (Å²) in [4.78, 5) is 2.34. The molecule has 10 aromatic carbocycles. The van der Waals surface area contributed by atoms with Crippen molar-refractivity contribution in [1.29, 1.82) is 0 Å². The van der Waals surface area contributed by atoms with E-state index in [-0.39, 0.29) is 0 Å². The Morgan fingerprint density at radius 2 is 0.793 bits per heavy atom. The first kappa shape index (κ1) is 33.6. The first-order valence-corrected chi connectivity index (χ1v) is 19.9. The van der Waals surface area contributed by atoms with Gasteiger partial charge in [-0.15, -0.1) is 0 Å². The van der Waals surface area contributed by atoms with Gasteiger partial charge in [0.1, 0.15) is 0 Å². The molecule has 0 saturated carbocycles. The molecule has 0 radical (unpaired) electrons. The largest absolute Gasteiger partial charge is 0.311 e. The lowest BCUT2D eigenvalue weighted by Gasteiger charge is -2.26. The van der Waals surface area contributed by atoms with Crippen LogP contribution in [0.2, 0.25) is 0 Å². The smallest absolute Gasteiger partial charge is 0.0619 e. The van der Waals surface area contributed by atoms with Gasteiger partial charge in [0.05, 0.1) is 11.0 Å². The van der Waals surface area contributed by atoms with Crippen molar-refractivity contribution < 1.29 is 0 Å². The van der Waals surface area contributed by atoms with Crippen LogP contribution in [0.5, 0.6) is 0 Å². The van der Waals surface area contributed by atoms with Crippen molar-refractivity contribution in [2.45, 2.75) is 0 Å². The summed E-state index contributed by atoms with van der Waals surface area (Å²) in [5.74, 6) is 0. The van der Waals surface area contributed by atoms with Gasteiger partial charge >= 0.3 is 0 Å². The molecule has 2 heteroatoms. The molecule has 0 aliphatic carbocycles. The summed E-state index contributed by atoms with van der Waals surface area (Å²) in [5, 5.41) is 7.51. The zero-order valence-electron chi connectivity index (χ0n) is 31.8. The minimum absolute atomic E-state index is 1.10. The van der Waals surface area contributed by atoms with Crippen LogP contribution in [0.3, 0.4) is 0 Å². The molecule has 0 fully saturated rings. The van der Waals surface area contributed by atoms with E-state index >= 15 is 0 Å². The van der Waals surface area contributed by atoms with E-state index < -0.39 is 0 Å². The number of fused-ring (bicyclic) bond motifs is 6. The van der Waals surface area contributed by atoms with E-state index in [4.69, 9.17) is 0 Å². The van der Waals surface area contributed by atoms with Crippen LogP contribution in [0, 0.1) is 0 Å². The highest BCUT2D eigenvalue weighted by Gasteiger charge is 2.18. The minimum Gasteiger partial charge on any atom is -0.311 e. The molecule has 0 bridgehead atoms. The van der Waals surface area contributed by atoms with Crippen LogP contribution in [-0.2, 0) is 0 Å². The normalized spacial score (nSPS) is 11.4. The van der Waals surface area contributed by atoms with Crippen LogP contribution in [0.4, 0.5) is 17.1 Å². The lowest BCUT2D eigenvalue weighted by atomic mass is 9.98. The molecule has 0 unspecified atom stereocenters. The summed E-state index contributed by atoms with van der Waals surface area (Å²) < 4.78 is 2.46. The summed E-state index contributed by atoms with van der Waals surface area (Å²) in [6.07, 6.45) is 0. The molecule has 1 heterocycles. The van der Waals surface area contributed by atoms with Crippen LogP contribution >= 0.6 is 0 Å². The van der Waals surface area contributed by atoms with E-state index in [1.807, 2.05) is 0 Å². The first-order valence-electron chi connectivity index (χ1n) is 19.9. The van der Waals surface area contributed by atoms with Gasteiger partial charge < -0.3 is 9.47 Å². The Labute approximate surface area is 338 Å². The Bertz CT molecular complexity index is 3230. The maximum absolute atomic E-state index is 2.46. The molecule has 11 aromatic rings. The lowest BCUT2D eigenvalue weighted by molar-refractivity contribution is 1.19. The second-order valence-corrected chi connectivity index (χ2v) is 15.0. The Morgan fingerprint density at radius 3 is 1.52 bits per heavy atom. The predicted octanol–water partition coefficient (Wildman–Crippen LogP) is 15.6. The number of aromatic nitrogens is 1. The van der Waals surface area contributed by atoms with Crippen molar-refractivity contribution in [2.24, 2.45) is 0 Å². The molecule has 0 N–H and O–H groups in total. The minimum atomic E-state index is 1.10. The molecule has 272 valence electrons. The van der Waals surface area contributed by atoms with Crippen molar-refractivity contribution in [3.8, 4) is 39.1 Å². The van der Waals surface area contributed by atoms with Gasteiger partial charge in [-0.1, -0.05) is 176 Å². The quantitative estimate of drug-likeness (QED) is 0.158. The Hall–Kier alpha value is -7.68. The molecule has 0 saturated heterocycles. The van der Waals surface area contributed by atoms with Crippen LogP contribution in [0.1, 0.15) is 0 Å². The zero-order valence-corrected chi connectivity index (χ0v) is 31.8. The summed E-state index contributed by atoms with van der Waals surface area (Å²) in [6.45, 7) is 0. The van der Waals surface area contributed by atoms with Gasteiger partial charge in [-0.05, 0) is 104 Å². The molecule has 58 heavy (non-hydrogen) atoms. The lowest BCUT2D eigenvalue weighted by Crippen LogP contribution is -2.09. The summed E-state index contributed by atoms with van der Waals surface area (Å²) in [6, 6.07) is 83.6. The first-order chi connectivity index (χ1) is 28.8. The van der Waals surface area contributed by atoms with Crippen LogP contribution in [-0.4, -0.2) is 4.57 Å². The Morgan fingerprint density at radius 1 is 0.293 bits per heavy atom. The van der Waals surface area contributed by atoms with Gasteiger partial charge in [-0.2, -0.15) is 0 Å². The van der Waals surface area contributed by atoms with E-state index in [0.717, 1.165) is 22.7 Å². The van der Waals surface area contributed by atoms with Gasteiger partial charge in [0, 0.05) is 38.9 Å². The number of nitrogens with zero attached hydrogens (tertiary/aromatic N) is 2. The Balaban J connectivity index is 0.997. The van der Waals surface area contributed by atoms with Gasteiger partial charge in [0.25, 0.3) is 0 Å². The van der Waals surface area contributed by atoms with Crippen LogP contribution in [0.25, 0.3) is 82.4 Å². The van der Waals surface area contributed by atoms with Gasteiger partial charge in [0.15, 0.2) is 0 Å². The molecule has 1 aromatic heterocycles. The van der Waals surface area contributed by atoms with Crippen molar-refractivity contribution in [3.05, 3.63) is 231 Å². The van der Waals surface area contributed by atoms with Crippen molar-refractivity contribution in [3.63, 3.8) is 0 Å². The average Bonchev–Trinajstić information content (AvgIpc) is 3.64. The van der Waals surface area contributed by atoms with E-state index in [1.54, 1.807) is 0 Å². The van der Waals surface area contributed by atoms with Crippen molar-refractivity contribution in [1.82, 2.24) is 4.57 Å². The van der Waals surface area contributed by atoms with E-state index in [0.29, 0.717) is 0 Å². The number of anilines is 3. The Kier molecular flexibility index (Phi) is 8.19. The third-order valence-corrected chi connectivity index (χ3v) is 11.6. The summed E-state index contributed by atoms with van der Waals surface area (Å²) in [5.41, 5.74) is 14.1. The monoisotopic (exact) mass is 738 g/mol. The number of para-hydroxylation sites is 1. The molecule has 0 aliphatic rings. The van der Waals surface area contributed by atoms with E-state index in [2.05, 4.69) is 240 Å². The highest BCUT2D eigenvalue weighted by molar-refractivity contribution is 6.19. The highest BCUT2D eigenvalue weighted by Crippen LogP contribution is 2.41.